The first kappa shape index (κ1) is 15.2. The van der Waals surface area contributed by atoms with Crippen LogP contribution in [0.4, 0.5) is 0 Å². The molecule has 0 aromatic heterocycles. The summed E-state index contributed by atoms with van der Waals surface area (Å²) in [5, 5.41) is 21.7. The van der Waals surface area contributed by atoms with Crippen LogP contribution in [0.25, 0.3) is 0 Å². The molecule has 18 heavy (non-hydrogen) atoms. The number of hydrogen-bond donors (Lipinski definition) is 3. The van der Waals surface area contributed by atoms with Crippen LogP contribution in [0.15, 0.2) is 30.3 Å². The smallest absolute Gasteiger partial charge is 0.0652 e. The van der Waals surface area contributed by atoms with E-state index in [0.717, 1.165) is 37.8 Å². The van der Waals surface area contributed by atoms with Crippen molar-refractivity contribution in [2.75, 3.05) is 19.8 Å². The fraction of sp³-hybridized carbons (Fsp3) is 0.600. The fourth-order valence-electron chi connectivity index (χ4n) is 2.01. The second-order valence-electron chi connectivity index (χ2n) is 4.92. The first-order valence-electron chi connectivity index (χ1n) is 6.75. The highest BCUT2D eigenvalue weighted by Gasteiger charge is 2.24. The Bertz CT molecular complexity index is 316. The van der Waals surface area contributed by atoms with Gasteiger partial charge < -0.3 is 15.5 Å². The van der Waals surface area contributed by atoms with E-state index in [-0.39, 0.29) is 18.8 Å². The van der Waals surface area contributed by atoms with Gasteiger partial charge in [0.2, 0.25) is 0 Å². The van der Waals surface area contributed by atoms with Gasteiger partial charge >= 0.3 is 0 Å². The first-order chi connectivity index (χ1) is 8.73. The molecule has 3 N–H and O–H groups in total. The second kappa shape index (κ2) is 8.25. The number of rotatable bonds is 9. The highest BCUT2D eigenvalue weighted by Crippen LogP contribution is 2.19. The lowest BCUT2D eigenvalue weighted by Gasteiger charge is -2.29. The molecule has 0 bridgehead atoms. The minimum Gasteiger partial charge on any atom is -0.396 e. The monoisotopic (exact) mass is 251 g/mol. The summed E-state index contributed by atoms with van der Waals surface area (Å²) in [6.45, 7) is 3.28. The van der Waals surface area contributed by atoms with Crippen molar-refractivity contribution in [3.05, 3.63) is 35.9 Å². The Hall–Kier alpha value is -0.900. The molecule has 0 spiro atoms. The zero-order valence-corrected chi connectivity index (χ0v) is 11.2. The third-order valence-electron chi connectivity index (χ3n) is 3.33. The molecule has 1 aromatic rings. The normalized spacial score (nSPS) is 14.4. The van der Waals surface area contributed by atoms with Crippen molar-refractivity contribution in [1.29, 1.82) is 0 Å². The molecule has 0 amide bonds. The average molecular weight is 251 g/mol. The van der Waals surface area contributed by atoms with E-state index in [4.69, 9.17) is 5.11 Å². The van der Waals surface area contributed by atoms with Crippen molar-refractivity contribution in [2.24, 2.45) is 0 Å². The lowest BCUT2D eigenvalue weighted by atomic mass is 9.93. The SMILES string of the molecule is CC(CO)(NCCCCCCO)c1ccccc1. The standard InChI is InChI=1S/C15H25NO2/c1-15(13-18,14-9-5-4-6-10-14)16-11-7-2-3-8-12-17/h4-6,9-10,16-18H,2-3,7-8,11-13H2,1H3. The lowest BCUT2D eigenvalue weighted by Crippen LogP contribution is -2.43. The van der Waals surface area contributed by atoms with Gasteiger partial charge in [0.25, 0.3) is 0 Å². The minimum atomic E-state index is -0.363. The second-order valence-corrected chi connectivity index (χ2v) is 4.92. The molecule has 102 valence electrons. The van der Waals surface area contributed by atoms with Crippen LogP contribution in [0, 0.1) is 0 Å². The predicted octanol–water partition coefficient (Wildman–Crippen LogP) is 2.04. The fourth-order valence-corrected chi connectivity index (χ4v) is 2.01. The van der Waals surface area contributed by atoms with Crippen LogP contribution in [0.5, 0.6) is 0 Å². The van der Waals surface area contributed by atoms with Crippen molar-refractivity contribution < 1.29 is 10.2 Å². The number of aliphatic hydroxyl groups excluding tert-OH is 2. The summed E-state index contributed by atoms with van der Waals surface area (Å²) in [6, 6.07) is 10.0. The van der Waals surface area contributed by atoms with E-state index in [1.54, 1.807) is 0 Å². The Morgan fingerprint density at radius 2 is 1.67 bits per heavy atom. The summed E-state index contributed by atoms with van der Waals surface area (Å²) in [7, 11) is 0. The van der Waals surface area contributed by atoms with Crippen molar-refractivity contribution in [3.63, 3.8) is 0 Å². The molecule has 1 atom stereocenters. The molecule has 0 radical (unpaired) electrons. The van der Waals surface area contributed by atoms with E-state index >= 15 is 0 Å². The zero-order chi connectivity index (χ0) is 13.3. The van der Waals surface area contributed by atoms with Gasteiger partial charge in [-0.05, 0) is 31.9 Å². The van der Waals surface area contributed by atoms with Gasteiger partial charge in [-0.25, -0.2) is 0 Å². The van der Waals surface area contributed by atoms with Gasteiger partial charge in [-0.2, -0.15) is 0 Å². The van der Waals surface area contributed by atoms with Gasteiger partial charge in [0.1, 0.15) is 0 Å². The maximum atomic E-state index is 9.58. The van der Waals surface area contributed by atoms with Crippen molar-refractivity contribution in [2.45, 2.75) is 38.1 Å². The molecule has 1 aromatic carbocycles. The highest BCUT2D eigenvalue weighted by atomic mass is 16.3. The molecule has 0 fully saturated rings. The van der Waals surface area contributed by atoms with Gasteiger partial charge in [0.05, 0.1) is 12.1 Å². The van der Waals surface area contributed by atoms with Crippen LogP contribution in [0.1, 0.15) is 38.2 Å². The molecule has 1 rings (SSSR count). The van der Waals surface area contributed by atoms with E-state index < -0.39 is 0 Å². The Kier molecular flexibility index (Phi) is 6.94. The van der Waals surface area contributed by atoms with Crippen molar-refractivity contribution in [3.8, 4) is 0 Å². The molecule has 3 nitrogen and oxygen atoms in total. The van der Waals surface area contributed by atoms with E-state index in [0.29, 0.717) is 0 Å². The molecular weight excluding hydrogens is 226 g/mol. The van der Waals surface area contributed by atoms with Crippen LogP contribution in [-0.4, -0.2) is 30.0 Å². The summed E-state index contributed by atoms with van der Waals surface area (Å²) < 4.78 is 0. The molecule has 0 saturated carbocycles. The van der Waals surface area contributed by atoms with Crippen molar-refractivity contribution >= 4 is 0 Å². The Morgan fingerprint density at radius 3 is 2.28 bits per heavy atom. The Morgan fingerprint density at radius 1 is 1.00 bits per heavy atom. The highest BCUT2D eigenvalue weighted by molar-refractivity contribution is 5.23. The van der Waals surface area contributed by atoms with E-state index in [1.165, 1.54) is 0 Å². The van der Waals surface area contributed by atoms with Gasteiger partial charge in [0.15, 0.2) is 0 Å². The van der Waals surface area contributed by atoms with Crippen LogP contribution >= 0.6 is 0 Å². The van der Waals surface area contributed by atoms with Gasteiger partial charge in [0, 0.05) is 6.61 Å². The summed E-state index contributed by atoms with van der Waals surface area (Å²) in [5.41, 5.74) is 0.751. The molecule has 0 heterocycles. The van der Waals surface area contributed by atoms with E-state index in [9.17, 15) is 5.11 Å². The minimum absolute atomic E-state index is 0.0909. The quantitative estimate of drug-likeness (QED) is 0.589. The molecule has 0 saturated heterocycles. The van der Waals surface area contributed by atoms with Crippen LogP contribution in [0.2, 0.25) is 0 Å². The Labute approximate surface area is 110 Å². The van der Waals surface area contributed by atoms with Crippen LogP contribution < -0.4 is 5.32 Å². The molecular formula is C15H25NO2. The largest absolute Gasteiger partial charge is 0.396 e. The van der Waals surface area contributed by atoms with Gasteiger partial charge in [-0.15, -0.1) is 0 Å². The summed E-state index contributed by atoms with van der Waals surface area (Å²) in [5.74, 6) is 0. The summed E-state index contributed by atoms with van der Waals surface area (Å²) >= 11 is 0. The third kappa shape index (κ3) is 4.77. The van der Waals surface area contributed by atoms with Crippen LogP contribution in [-0.2, 0) is 5.54 Å². The number of hydrogen-bond acceptors (Lipinski definition) is 3. The molecule has 3 heteroatoms. The number of nitrogens with one attached hydrogen (secondary N) is 1. The van der Waals surface area contributed by atoms with Gasteiger partial charge in [-0.3, -0.25) is 0 Å². The maximum absolute atomic E-state index is 9.58. The molecule has 0 aliphatic heterocycles. The van der Waals surface area contributed by atoms with E-state index in [2.05, 4.69) is 5.32 Å². The first-order valence-corrected chi connectivity index (χ1v) is 6.75. The topological polar surface area (TPSA) is 52.5 Å². The zero-order valence-electron chi connectivity index (χ0n) is 11.2. The number of benzene rings is 1. The Balaban J connectivity index is 2.37. The molecule has 0 aliphatic rings. The molecule has 1 unspecified atom stereocenters. The lowest BCUT2D eigenvalue weighted by molar-refractivity contribution is 0.174. The number of unbranched alkanes of at least 4 members (excludes halogenated alkanes) is 3. The van der Waals surface area contributed by atoms with E-state index in [1.807, 2.05) is 37.3 Å². The summed E-state index contributed by atoms with van der Waals surface area (Å²) in [4.78, 5) is 0. The average Bonchev–Trinajstić information content (AvgIpc) is 2.43. The summed E-state index contributed by atoms with van der Waals surface area (Å²) in [6.07, 6.45) is 4.14. The number of aliphatic hydroxyl groups is 2. The van der Waals surface area contributed by atoms with Gasteiger partial charge in [-0.1, -0.05) is 43.2 Å². The molecule has 0 aliphatic carbocycles. The van der Waals surface area contributed by atoms with Crippen LogP contribution in [0.3, 0.4) is 0 Å². The third-order valence-corrected chi connectivity index (χ3v) is 3.33. The van der Waals surface area contributed by atoms with Crippen molar-refractivity contribution in [1.82, 2.24) is 5.32 Å². The maximum Gasteiger partial charge on any atom is 0.0652 e. The predicted molar refractivity (Wildman–Crippen MR) is 74.4 cm³/mol.